The first kappa shape index (κ1) is 11.4. The molecule has 0 fully saturated rings. The molecule has 12 heavy (non-hydrogen) atoms. The van der Waals surface area contributed by atoms with Gasteiger partial charge in [-0.3, -0.25) is 4.79 Å². The highest BCUT2D eigenvalue weighted by Gasteiger charge is 2.24. The van der Waals surface area contributed by atoms with Gasteiger partial charge in [0.15, 0.2) is 0 Å². The third-order valence-corrected chi connectivity index (χ3v) is 1.99. The summed E-state index contributed by atoms with van der Waals surface area (Å²) in [6.45, 7) is 3.85. The zero-order valence-electron chi connectivity index (χ0n) is 8.04. The molecule has 0 bridgehead atoms. The Kier molecular flexibility index (Phi) is 5.72. The third kappa shape index (κ3) is 3.22. The number of aliphatic hydroxyl groups excluding tert-OH is 1. The molecule has 0 aromatic carbocycles. The number of rotatable bonds is 5. The minimum atomic E-state index is -0.549. The average molecular weight is 174 g/mol. The quantitative estimate of drug-likeness (QED) is 0.640. The van der Waals surface area contributed by atoms with E-state index in [2.05, 4.69) is 4.74 Å². The van der Waals surface area contributed by atoms with Crippen LogP contribution in [0.4, 0.5) is 0 Å². The molecule has 2 atom stereocenters. The average Bonchev–Trinajstić information content (AvgIpc) is 2.06. The number of aliphatic hydroxyl groups is 1. The molecule has 0 aromatic rings. The lowest BCUT2D eigenvalue weighted by molar-refractivity contribution is -0.149. The first-order chi connectivity index (χ1) is 5.67. The number of hydrogen-bond donors (Lipinski definition) is 1. The standard InChI is InChI=1S/C9H18O3/c1-4-6-8(10)7(5-2)9(11)12-3/h7-8,10H,4-6H2,1-3H3. The fraction of sp³-hybridized carbons (Fsp3) is 0.889. The van der Waals surface area contributed by atoms with Gasteiger partial charge in [0, 0.05) is 0 Å². The molecule has 3 nitrogen and oxygen atoms in total. The number of ether oxygens (including phenoxy) is 1. The molecular weight excluding hydrogens is 156 g/mol. The Balaban J connectivity index is 4.03. The van der Waals surface area contributed by atoms with Gasteiger partial charge in [0.25, 0.3) is 0 Å². The zero-order chi connectivity index (χ0) is 9.56. The van der Waals surface area contributed by atoms with Crippen molar-refractivity contribution in [3.63, 3.8) is 0 Å². The van der Waals surface area contributed by atoms with Gasteiger partial charge < -0.3 is 9.84 Å². The van der Waals surface area contributed by atoms with Crippen LogP contribution < -0.4 is 0 Å². The molecule has 0 spiro atoms. The van der Waals surface area contributed by atoms with Gasteiger partial charge in [-0.1, -0.05) is 20.3 Å². The van der Waals surface area contributed by atoms with Crippen LogP contribution in [-0.4, -0.2) is 24.3 Å². The summed E-state index contributed by atoms with van der Waals surface area (Å²) in [5.74, 6) is -0.659. The highest BCUT2D eigenvalue weighted by atomic mass is 16.5. The summed E-state index contributed by atoms with van der Waals surface area (Å²) in [5, 5.41) is 9.51. The summed E-state index contributed by atoms with van der Waals surface area (Å²) < 4.78 is 4.57. The smallest absolute Gasteiger partial charge is 0.311 e. The first-order valence-corrected chi connectivity index (χ1v) is 4.43. The molecular formula is C9H18O3. The van der Waals surface area contributed by atoms with Crippen molar-refractivity contribution in [1.82, 2.24) is 0 Å². The molecule has 0 radical (unpaired) electrons. The van der Waals surface area contributed by atoms with Gasteiger partial charge in [-0.15, -0.1) is 0 Å². The highest BCUT2D eigenvalue weighted by Crippen LogP contribution is 2.14. The number of carbonyl (C=O) groups is 1. The lowest BCUT2D eigenvalue weighted by Gasteiger charge is -2.18. The van der Waals surface area contributed by atoms with E-state index < -0.39 is 6.10 Å². The molecule has 3 heteroatoms. The van der Waals surface area contributed by atoms with Crippen LogP contribution in [0.5, 0.6) is 0 Å². The largest absolute Gasteiger partial charge is 0.469 e. The summed E-state index contributed by atoms with van der Waals surface area (Å²) in [6, 6.07) is 0. The first-order valence-electron chi connectivity index (χ1n) is 4.43. The monoisotopic (exact) mass is 174 g/mol. The van der Waals surface area contributed by atoms with Crippen molar-refractivity contribution < 1.29 is 14.6 Å². The Labute approximate surface area is 73.7 Å². The van der Waals surface area contributed by atoms with E-state index in [1.54, 1.807) is 0 Å². The van der Waals surface area contributed by atoms with E-state index >= 15 is 0 Å². The third-order valence-electron chi connectivity index (χ3n) is 1.99. The van der Waals surface area contributed by atoms with E-state index in [4.69, 9.17) is 0 Å². The van der Waals surface area contributed by atoms with Gasteiger partial charge >= 0.3 is 5.97 Å². The summed E-state index contributed by atoms with van der Waals surface area (Å²) in [6.07, 6.45) is 1.63. The van der Waals surface area contributed by atoms with Gasteiger partial charge in [-0.05, 0) is 12.8 Å². The minimum Gasteiger partial charge on any atom is -0.469 e. The van der Waals surface area contributed by atoms with Gasteiger partial charge in [-0.25, -0.2) is 0 Å². The molecule has 1 N–H and O–H groups in total. The molecule has 0 aromatic heterocycles. The molecule has 0 amide bonds. The number of carbonyl (C=O) groups excluding carboxylic acids is 1. The van der Waals surface area contributed by atoms with Crippen molar-refractivity contribution in [2.45, 2.75) is 39.2 Å². The second-order valence-corrected chi connectivity index (χ2v) is 2.89. The Morgan fingerprint density at radius 2 is 2.08 bits per heavy atom. The molecule has 0 aliphatic carbocycles. The summed E-state index contributed by atoms with van der Waals surface area (Å²) >= 11 is 0. The predicted octanol–water partition coefficient (Wildman–Crippen LogP) is 1.35. The zero-order valence-corrected chi connectivity index (χ0v) is 8.04. The van der Waals surface area contributed by atoms with Crippen molar-refractivity contribution in [3.8, 4) is 0 Å². The predicted molar refractivity (Wildman–Crippen MR) is 46.7 cm³/mol. The van der Waals surface area contributed by atoms with Crippen LogP contribution in [0.15, 0.2) is 0 Å². The molecule has 0 saturated carbocycles. The van der Waals surface area contributed by atoms with Crippen LogP contribution in [0.1, 0.15) is 33.1 Å². The second kappa shape index (κ2) is 6.00. The molecule has 0 aliphatic rings. The van der Waals surface area contributed by atoms with E-state index in [0.29, 0.717) is 12.8 Å². The van der Waals surface area contributed by atoms with Crippen molar-refractivity contribution >= 4 is 5.97 Å². The SMILES string of the molecule is CCCC(O)C(CC)C(=O)OC. The van der Waals surface area contributed by atoms with Crippen LogP contribution in [0, 0.1) is 5.92 Å². The molecule has 0 rings (SSSR count). The Bertz CT molecular complexity index is 134. The lowest BCUT2D eigenvalue weighted by Crippen LogP contribution is -2.28. The Morgan fingerprint density at radius 3 is 2.42 bits per heavy atom. The molecule has 0 aliphatic heterocycles. The van der Waals surface area contributed by atoms with Crippen LogP contribution in [0.3, 0.4) is 0 Å². The normalized spacial score (nSPS) is 15.3. The van der Waals surface area contributed by atoms with E-state index in [-0.39, 0.29) is 11.9 Å². The minimum absolute atomic E-state index is 0.307. The van der Waals surface area contributed by atoms with E-state index in [1.807, 2.05) is 13.8 Å². The van der Waals surface area contributed by atoms with E-state index in [1.165, 1.54) is 7.11 Å². The highest BCUT2D eigenvalue weighted by molar-refractivity contribution is 5.72. The molecule has 0 heterocycles. The van der Waals surface area contributed by atoms with Gasteiger partial charge in [0.05, 0.1) is 19.1 Å². The topological polar surface area (TPSA) is 46.5 Å². The number of esters is 1. The van der Waals surface area contributed by atoms with Crippen molar-refractivity contribution in [1.29, 1.82) is 0 Å². The van der Waals surface area contributed by atoms with Crippen molar-refractivity contribution in [2.75, 3.05) is 7.11 Å². The maximum atomic E-state index is 11.1. The van der Waals surface area contributed by atoms with E-state index in [0.717, 1.165) is 6.42 Å². The summed E-state index contributed by atoms with van der Waals surface area (Å²) in [7, 11) is 1.35. The van der Waals surface area contributed by atoms with Crippen LogP contribution in [0.25, 0.3) is 0 Å². The van der Waals surface area contributed by atoms with Crippen LogP contribution in [0.2, 0.25) is 0 Å². The van der Waals surface area contributed by atoms with Crippen molar-refractivity contribution in [2.24, 2.45) is 5.92 Å². The van der Waals surface area contributed by atoms with Gasteiger partial charge in [0.2, 0.25) is 0 Å². The van der Waals surface area contributed by atoms with Crippen LogP contribution >= 0.6 is 0 Å². The van der Waals surface area contributed by atoms with Gasteiger partial charge in [-0.2, -0.15) is 0 Å². The Morgan fingerprint density at radius 1 is 1.50 bits per heavy atom. The number of methoxy groups -OCH3 is 1. The molecule has 2 unspecified atom stereocenters. The second-order valence-electron chi connectivity index (χ2n) is 2.89. The maximum absolute atomic E-state index is 11.1. The maximum Gasteiger partial charge on any atom is 0.311 e. The lowest BCUT2D eigenvalue weighted by atomic mass is 9.96. The molecule has 72 valence electrons. The fourth-order valence-corrected chi connectivity index (χ4v) is 1.24. The van der Waals surface area contributed by atoms with Gasteiger partial charge in [0.1, 0.15) is 0 Å². The Hall–Kier alpha value is -0.570. The van der Waals surface area contributed by atoms with E-state index in [9.17, 15) is 9.90 Å². The van der Waals surface area contributed by atoms with Crippen LogP contribution in [-0.2, 0) is 9.53 Å². The van der Waals surface area contributed by atoms with Crippen molar-refractivity contribution in [3.05, 3.63) is 0 Å². The fourth-order valence-electron chi connectivity index (χ4n) is 1.24. The summed E-state index contributed by atoms with van der Waals surface area (Å²) in [4.78, 5) is 11.1. The summed E-state index contributed by atoms with van der Waals surface area (Å²) in [5.41, 5.74) is 0. The molecule has 0 saturated heterocycles. The number of hydrogen-bond acceptors (Lipinski definition) is 3.